The van der Waals surface area contributed by atoms with Crippen LogP contribution >= 0.6 is 11.6 Å². The van der Waals surface area contributed by atoms with Crippen LogP contribution in [0.4, 0.5) is 0 Å². The van der Waals surface area contributed by atoms with Crippen LogP contribution in [0.3, 0.4) is 0 Å². The zero-order valence-electron chi connectivity index (χ0n) is 10.9. The molecule has 0 fully saturated rings. The van der Waals surface area contributed by atoms with Crippen LogP contribution in [-0.2, 0) is 20.0 Å². The molecule has 1 rings (SSSR count). The molecule has 0 aromatic heterocycles. The Morgan fingerprint density at radius 3 is 2.45 bits per heavy atom. The highest BCUT2D eigenvalue weighted by Gasteiger charge is 2.20. The van der Waals surface area contributed by atoms with Crippen LogP contribution in [0.1, 0.15) is 0 Å². The molecular formula is C10H15ClN2O5S2. The number of methoxy groups -OCH3 is 1. The molecule has 20 heavy (non-hydrogen) atoms. The second-order valence-electron chi connectivity index (χ2n) is 3.72. The maximum atomic E-state index is 12.1. The Hall–Kier alpha value is -0.870. The summed E-state index contributed by atoms with van der Waals surface area (Å²) >= 11 is 5.76. The van der Waals surface area contributed by atoms with Crippen molar-refractivity contribution in [3.8, 4) is 5.75 Å². The third-order valence-electron chi connectivity index (χ3n) is 2.39. The predicted octanol–water partition coefficient (Wildman–Crippen LogP) is 0.176. The Bertz CT molecular complexity index is 673. The molecule has 0 aliphatic heterocycles. The molecule has 0 radical (unpaired) electrons. The summed E-state index contributed by atoms with van der Waals surface area (Å²) < 4.78 is 55.8. The van der Waals surface area contributed by atoms with Gasteiger partial charge in [0, 0.05) is 11.6 Å². The first-order valence-corrected chi connectivity index (χ1v) is 8.97. The highest BCUT2D eigenvalue weighted by molar-refractivity contribution is 7.90. The van der Waals surface area contributed by atoms with Crippen LogP contribution in [0.2, 0.25) is 5.02 Å². The Labute approximate surface area is 123 Å². The second-order valence-corrected chi connectivity index (χ2v) is 7.93. The van der Waals surface area contributed by atoms with Gasteiger partial charge < -0.3 is 4.74 Å². The second kappa shape index (κ2) is 6.72. The number of nitrogens with one attached hydrogen (secondary N) is 2. The minimum Gasteiger partial charge on any atom is -0.495 e. The van der Waals surface area contributed by atoms with Crippen molar-refractivity contribution in [2.75, 3.05) is 26.5 Å². The van der Waals surface area contributed by atoms with Crippen LogP contribution in [0.25, 0.3) is 0 Å². The Morgan fingerprint density at radius 1 is 1.25 bits per heavy atom. The largest absolute Gasteiger partial charge is 0.495 e. The molecule has 0 heterocycles. The van der Waals surface area contributed by atoms with Gasteiger partial charge in [0.25, 0.3) is 0 Å². The minimum atomic E-state index is -3.91. The Balaban J connectivity index is 2.92. The van der Waals surface area contributed by atoms with Crippen LogP contribution in [-0.4, -0.2) is 43.3 Å². The van der Waals surface area contributed by atoms with Crippen molar-refractivity contribution in [3.63, 3.8) is 0 Å². The number of benzene rings is 1. The number of halogens is 1. The van der Waals surface area contributed by atoms with Crippen LogP contribution in [0.15, 0.2) is 23.1 Å². The molecule has 0 saturated carbocycles. The molecule has 1 aromatic rings. The molecule has 0 spiro atoms. The van der Waals surface area contributed by atoms with Gasteiger partial charge in [-0.1, -0.05) is 11.6 Å². The smallest absolute Gasteiger partial charge is 0.244 e. The molecule has 0 bridgehead atoms. The van der Waals surface area contributed by atoms with Crippen LogP contribution in [0.5, 0.6) is 5.75 Å². The summed E-state index contributed by atoms with van der Waals surface area (Å²) in [6, 6.07) is 4.14. The van der Waals surface area contributed by atoms with Crippen molar-refractivity contribution >= 4 is 31.6 Å². The van der Waals surface area contributed by atoms with Crippen molar-refractivity contribution in [1.29, 1.82) is 0 Å². The summed E-state index contributed by atoms with van der Waals surface area (Å²) in [7, 11) is -4.81. The average Bonchev–Trinajstić information content (AvgIpc) is 2.38. The SMILES string of the molecule is CNS(=O)(=O)CCNS(=O)(=O)c1cc(Cl)ccc1OC. The standard InChI is InChI=1S/C10H15ClN2O5S2/c1-12-19(14,15)6-5-13-20(16,17)10-7-8(11)3-4-9(10)18-2/h3-4,7,12-13H,5-6H2,1-2H3. The molecule has 0 saturated heterocycles. The fraction of sp³-hybridized carbons (Fsp3) is 0.400. The van der Waals surface area contributed by atoms with Crippen molar-refractivity contribution in [2.45, 2.75) is 4.90 Å². The lowest BCUT2D eigenvalue weighted by molar-refractivity contribution is 0.402. The van der Waals surface area contributed by atoms with Gasteiger partial charge in [0.1, 0.15) is 10.6 Å². The summed E-state index contributed by atoms with van der Waals surface area (Å²) in [6.07, 6.45) is 0. The fourth-order valence-corrected chi connectivity index (χ4v) is 3.52. The van der Waals surface area contributed by atoms with Crippen molar-refractivity contribution in [1.82, 2.24) is 9.44 Å². The number of hydrogen-bond acceptors (Lipinski definition) is 5. The first kappa shape index (κ1) is 17.2. The van der Waals surface area contributed by atoms with Gasteiger partial charge in [0.2, 0.25) is 20.0 Å². The van der Waals surface area contributed by atoms with Crippen LogP contribution < -0.4 is 14.2 Å². The third kappa shape index (κ3) is 4.60. The first-order chi connectivity index (χ1) is 9.22. The number of ether oxygens (including phenoxy) is 1. The molecule has 114 valence electrons. The maximum Gasteiger partial charge on any atom is 0.244 e. The molecule has 0 atom stereocenters. The van der Waals surface area contributed by atoms with Gasteiger partial charge in [-0.15, -0.1) is 0 Å². The molecule has 0 amide bonds. The summed E-state index contributed by atoms with van der Waals surface area (Å²) in [5.74, 6) is -0.246. The van der Waals surface area contributed by atoms with E-state index in [4.69, 9.17) is 16.3 Å². The van der Waals surface area contributed by atoms with E-state index in [1.54, 1.807) is 0 Å². The topological polar surface area (TPSA) is 102 Å². The lowest BCUT2D eigenvalue weighted by atomic mass is 10.3. The highest BCUT2D eigenvalue weighted by atomic mass is 35.5. The van der Waals surface area contributed by atoms with E-state index in [9.17, 15) is 16.8 Å². The number of sulfonamides is 2. The van der Waals surface area contributed by atoms with E-state index in [0.717, 1.165) is 0 Å². The molecule has 1 aromatic carbocycles. The van der Waals surface area contributed by atoms with Gasteiger partial charge >= 0.3 is 0 Å². The molecule has 10 heteroatoms. The normalized spacial score (nSPS) is 12.3. The van der Waals surface area contributed by atoms with Crippen LogP contribution in [0, 0.1) is 0 Å². The van der Waals surface area contributed by atoms with E-state index in [-0.39, 0.29) is 28.0 Å². The summed E-state index contributed by atoms with van der Waals surface area (Å²) in [5.41, 5.74) is 0. The Kier molecular flexibility index (Phi) is 5.78. The van der Waals surface area contributed by atoms with E-state index >= 15 is 0 Å². The molecule has 0 unspecified atom stereocenters. The van der Waals surface area contributed by atoms with Crippen molar-refractivity contribution in [2.24, 2.45) is 0 Å². The van der Waals surface area contributed by atoms with Gasteiger partial charge in [-0.05, 0) is 25.2 Å². The summed E-state index contributed by atoms with van der Waals surface area (Å²) in [4.78, 5) is -0.144. The predicted molar refractivity (Wildman–Crippen MR) is 76.0 cm³/mol. The van der Waals surface area contributed by atoms with E-state index < -0.39 is 20.0 Å². The van der Waals surface area contributed by atoms with Crippen molar-refractivity contribution < 1.29 is 21.6 Å². The molecule has 7 nitrogen and oxygen atoms in total. The lowest BCUT2D eigenvalue weighted by Crippen LogP contribution is -2.33. The van der Waals surface area contributed by atoms with E-state index in [0.29, 0.717) is 0 Å². The molecule has 0 aliphatic carbocycles. The Morgan fingerprint density at radius 2 is 1.90 bits per heavy atom. The van der Waals surface area contributed by atoms with E-state index in [1.165, 1.54) is 32.4 Å². The van der Waals surface area contributed by atoms with Gasteiger partial charge in [-0.3, -0.25) is 0 Å². The first-order valence-electron chi connectivity index (χ1n) is 5.46. The lowest BCUT2D eigenvalue weighted by Gasteiger charge is -2.11. The average molecular weight is 343 g/mol. The van der Waals surface area contributed by atoms with E-state index in [1.807, 2.05) is 0 Å². The highest BCUT2D eigenvalue weighted by Crippen LogP contribution is 2.26. The molecule has 2 N–H and O–H groups in total. The zero-order chi connectivity index (χ0) is 15.4. The summed E-state index contributed by atoms with van der Waals surface area (Å²) in [5, 5.41) is 0.231. The molecular weight excluding hydrogens is 328 g/mol. The summed E-state index contributed by atoms with van der Waals surface area (Å²) in [6.45, 7) is -0.263. The van der Waals surface area contributed by atoms with Gasteiger partial charge in [0.05, 0.1) is 12.9 Å². The van der Waals surface area contributed by atoms with Gasteiger partial charge in [-0.25, -0.2) is 26.3 Å². The zero-order valence-corrected chi connectivity index (χ0v) is 13.3. The quantitative estimate of drug-likeness (QED) is 0.735. The minimum absolute atomic E-state index is 0.123. The fourth-order valence-electron chi connectivity index (χ4n) is 1.35. The number of rotatable bonds is 7. The van der Waals surface area contributed by atoms with Gasteiger partial charge in [0.15, 0.2) is 0 Å². The van der Waals surface area contributed by atoms with Crippen molar-refractivity contribution in [3.05, 3.63) is 23.2 Å². The number of hydrogen-bond donors (Lipinski definition) is 2. The maximum absolute atomic E-state index is 12.1. The molecule has 0 aliphatic rings. The third-order valence-corrected chi connectivity index (χ3v) is 5.47. The van der Waals surface area contributed by atoms with Gasteiger partial charge in [-0.2, -0.15) is 0 Å². The monoisotopic (exact) mass is 342 g/mol. The van der Waals surface area contributed by atoms with E-state index in [2.05, 4.69) is 9.44 Å².